The van der Waals surface area contributed by atoms with Gasteiger partial charge in [-0.2, -0.15) is 4.98 Å². The van der Waals surface area contributed by atoms with E-state index in [1.807, 2.05) is 182 Å². The maximum atomic E-state index is 13.0. The number of nitrogens with zero attached hydrogens (tertiary/aromatic N) is 2. The molecule has 7 aromatic rings. The van der Waals surface area contributed by atoms with Crippen molar-refractivity contribution in [2.45, 2.75) is 30.0 Å². The standard InChI is InChI=1S/C48H45N3O5/c49-45-31-32-51(46(53)50-45)33-44(36-56-48(40-25-13-4-14-26-40,41-27-15-5-16-28-41)42-29-17-6-18-30-42)54-34-43(52)35-55-47(37-19-7-1-8-20-37,38-21-9-2-10-22-38)39-23-11-3-12-24-39/h1-32,43-44,52H,33-36H2,(H2,49,50,53). The molecule has 0 fully saturated rings. The van der Waals surface area contributed by atoms with Crippen molar-refractivity contribution in [1.29, 1.82) is 0 Å². The van der Waals surface area contributed by atoms with Gasteiger partial charge in [-0.15, -0.1) is 0 Å². The Labute approximate surface area is 327 Å². The predicted molar refractivity (Wildman–Crippen MR) is 219 cm³/mol. The molecule has 3 N–H and O–H groups in total. The number of anilines is 1. The van der Waals surface area contributed by atoms with Gasteiger partial charge in [0.05, 0.1) is 32.5 Å². The minimum atomic E-state index is -1.04. The number of aliphatic hydroxyl groups excluding tert-OH is 1. The highest BCUT2D eigenvalue weighted by molar-refractivity contribution is 5.49. The molecule has 2 atom stereocenters. The first kappa shape index (κ1) is 38.1. The fourth-order valence-corrected chi connectivity index (χ4v) is 7.23. The van der Waals surface area contributed by atoms with Crippen molar-refractivity contribution in [3.05, 3.63) is 238 Å². The fourth-order valence-electron chi connectivity index (χ4n) is 7.23. The van der Waals surface area contributed by atoms with Crippen LogP contribution in [-0.4, -0.2) is 46.7 Å². The molecule has 282 valence electrons. The Kier molecular flexibility index (Phi) is 12.2. The minimum absolute atomic E-state index is 0.0467. The zero-order valence-electron chi connectivity index (χ0n) is 31.0. The summed E-state index contributed by atoms with van der Waals surface area (Å²) in [5.74, 6) is 0.127. The summed E-state index contributed by atoms with van der Waals surface area (Å²) in [5.41, 5.74) is 8.82. The molecule has 0 aliphatic heterocycles. The number of rotatable bonds is 17. The molecule has 0 saturated heterocycles. The summed E-state index contributed by atoms with van der Waals surface area (Å²) in [4.78, 5) is 16.9. The molecule has 6 aromatic carbocycles. The summed E-state index contributed by atoms with van der Waals surface area (Å²) in [6.45, 7) is -0.0204. The van der Waals surface area contributed by atoms with E-state index in [0.29, 0.717) is 0 Å². The van der Waals surface area contributed by atoms with Crippen LogP contribution in [0, 0.1) is 0 Å². The van der Waals surface area contributed by atoms with Crippen molar-refractivity contribution in [3.63, 3.8) is 0 Å². The lowest BCUT2D eigenvalue weighted by Crippen LogP contribution is -2.40. The molecule has 1 aromatic heterocycles. The molecular weight excluding hydrogens is 699 g/mol. The van der Waals surface area contributed by atoms with Crippen LogP contribution in [0.1, 0.15) is 33.4 Å². The maximum Gasteiger partial charge on any atom is 0.349 e. The lowest BCUT2D eigenvalue weighted by molar-refractivity contribution is -0.107. The highest BCUT2D eigenvalue weighted by atomic mass is 16.6. The molecule has 7 rings (SSSR count). The van der Waals surface area contributed by atoms with E-state index >= 15 is 0 Å². The third kappa shape index (κ3) is 8.39. The number of nitrogens with two attached hydrogens (primary N) is 1. The zero-order valence-corrected chi connectivity index (χ0v) is 31.0. The first-order valence-corrected chi connectivity index (χ1v) is 18.7. The van der Waals surface area contributed by atoms with Crippen molar-refractivity contribution >= 4 is 5.82 Å². The van der Waals surface area contributed by atoms with Gasteiger partial charge in [0.15, 0.2) is 0 Å². The highest BCUT2D eigenvalue weighted by Crippen LogP contribution is 2.42. The third-order valence-electron chi connectivity index (χ3n) is 9.88. The molecule has 0 bridgehead atoms. The Morgan fingerprint density at radius 3 is 1.20 bits per heavy atom. The predicted octanol–water partition coefficient (Wildman–Crippen LogP) is 7.59. The number of hydrogen-bond acceptors (Lipinski definition) is 7. The van der Waals surface area contributed by atoms with Gasteiger partial charge in [-0.1, -0.05) is 182 Å². The van der Waals surface area contributed by atoms with Crippen molar-refractivity contribution in [3.8, 4) is 0 Å². The van der Waals surface area contributed by atoms with Gasteiger partial charge in [-0.05, 0) is 39.4 Å². The third-order valence-corrected chi connectivity index (χ3v) is 9.88. The average molecular weight is 744 g/mol. The van der Waals surface area contributed by atoms with Gasteiger partial charge in [0.1, 0.15) is 23.1 Å². The van der Waals surface area contributed by atoms with Crippen LogP contribution in [0.2, 0.25) is 0 Å². The molecule has 0 saturated carbocycles. The Balaban J connectivity index is 1.19. The lowest BCUT2D eigenvalue weighted by Gasteiger charge is -2.37. The minimum Gasteiger partial charge on any atom is -0.388 e. The SMILES string of the molecule is Nc1ccn(CC(COC(c2ccccc2)(c2ccccc2)c2ccccc2)OCC(O)COC(c2ccccc2)(c2ccccc2)c2ccccc2)c(=O)n1. The first-order valence-electron chi connectivity index (χ1n) is 18.7. The van der Waals surface area contributed by atoms with Crippen LogP contribution in [0.25, 0.3) is 0 Å². The van der Waals surface area contributed by atoms with E-state index in [4.69, 9.17) is 19.9 Å². The number of ether oxygens (including phenoxy) is 3. The van der Waals surface area contributed by atoms with Crippen LogP contribution in [0.5, 0.6) is 0 Å². The molecule has 2 unspecified atom stereocenters. The summed E-state index contributed by atoms with van der Waals surface area (Å²) < 4.78 is 21.9. The fraction of sp³-hybridized carbons (Fsp3) is 0.167. The molecule has 0 amide bonds. The van der Waals surface area contributed by atoms with Crippen LogP contribution in [0.15, 0.2) is 199 Å². The van der Waals surface area contributed by atoms with E-state index in [2.05, 4.69) is 4.98 Å². The molecule has 0 radical (unpaired) electrons. The molecule has 0 aliphatic rings. The molecule has 56 heavy (non-hydrogen) atoms. The van der Waals surface area contributed by atoms with Crippen molar-refractivity contribution in [2.75, 3.05) is 25.6 Å². The summed E-state index contributed by atoms with van der Waals surface area (Å²) >= 11 is 0. The van der Waals surface area contributed by atoms with Crippen molar-refractivity contribution in [1.82, 2.24) is 9.55 Å². The molecule has 8 nitrogen and oxygen atoms in total. The first-order chi connectivity index (χ1) is 27.5. The number of nitrogen functional groups attached to an aromatic ring is 1. The van der Waals surface area contributed by atoms with Crippen LogP contribution in [0.3, 0.4) is 0 Å². The average Bonchev–Trinajstić information content (AvgIpc) is 3.26. The smallest absolute Gasteiger partial charge is 0.349 e. The molecular formula is C48H45N3O5. The largest absolute Gasteiger partial charge is 0.388 e. The van der Waals surface area contributed by atoms with Gasteiger partial charge in [-0.25, -0.2) is 4.79 Å². The second-order valence-corrected chi connectivity index (χ2v) is 13.6. The van der Waals surface area contributed by atoms with Crippen molar-refractivity contribution < 1.29 is 19.3 Å². The quantitative estimate of drug-likeness (QED) is 0.0926. The van der Waals surface area contributed by atoms with Gasteiger partial charge in [0, 0.05) is 6.20 Å². The number of hydrogen-bond donors (Lipinski definition) is 2. The van der Waals surface area contributed by atoms with Gasteiger partial charge in [0.2, 0.25) is 0 Å². The Morgan fingerprint density at radius 1 is 0.518 bits per heavy atom. The second kappa shape index (κ2) is 18.0. The number of benzene rings is 6. The van der Waals surface area contributed by atoms with E-state index in [1.54, 1.807) is 12.3 Å². The van der Waals surface area contributed by atoms with E-state index in [9.17, 15) is 9.90 Å². The molecule has 8 heteroatoms. The summed E-state index contributed by atoms with van der Waals surface area (Å²) in [5, 5.41) is 11.6. The topological polar surface area (TPSA) is 109 Å². The monoisotopic (exact) mass is 743 g/mol. The van der Waals surface area contributed by atoms with Crippen LogP contribution < -0.4 is 11.4 Å². The van der Waals surface area contributed by atoms with E-state index in [1.165, 1.54) is 4.57 Å². The Bertz CT molecular complexity index is 2100. The van der Waals surface area contributed by atoms with Crippen LogP contribution in [-0.2, 0) is 32.0 Å². The van der Waals surface area contributed by atoms with Crippen LogP contribution in [0.4, 0.5) is 5.82 Å². The molecule has 1 heterocycles. The molecule has 0 spiro atoms. The highest BCUT2D eigenvalue weighted by Gasteiger charge is 2.40. The van der Waals surface area contributed by atoms with E-state index in [-0.39, 0.29) is 32.2 Å². The Hall–Kier alpha value is -6.16. The zero-order chi connectivity index (χ0) is 38.6. The second-order valence-electron chi connectivity index (χ2n) is 13.6. The summed E-state index contributed by atoms with van der Waals surface area (Å²) in [6, 6.07) is 61.7. The summed E-state index contributed by atoms with van der Waals surface area (Å²) in [7, 11) is 0. The lowest BCUT2D eigenvalue weighted by atomic mass is 9.80. The number of aliphatic hydroxyl groups is 1. The Morgan fingerprint density at radius 2 is 0.857 bits per heavy atom. The van der Waals surface area contributed by atoms with Gasteiger partial charge < -0.3 is 25.1 Å². The van der Waals surface area contributed by atoms with Crippen LogP contribution >= 0.6 is 0 Å². The van der Waals surface area contributed by atoms with E-state index in [0.717, 1.165) is 33.4 Å². The van der Waals surface area contributed by atoms with E-state index < -0.39 is 29.1 Å². The summed E-state index contributed by atoms with van der Waals surface area (Å²) in [6.07, 6.45) is -0.158. The van der Waals surface area contributed by atoms with Gasteiger partial charge in [0.25, 0.3) is 0 Å². The maximum absolute atomic E-state index is 13.0. The van der Waals surface area contributed by atoms with Gasteiger partial charge in [-0.3, -0.25) is 4.57 Å². The normalized spacial score (nSPS) is 12.9. The van der Waals surface area contributed by atoms with Crippen molar-refractivity contribution in [2.24, 2.45) is 0 Å². The van der Waals surface area contributed by atoms with Gasteiger partial charge >= 0.3 is 5.69 Å². The number of aromatic nitrogens is 2. The molecule has 0 aliphatic carbocycles.